The molecule has 0 fully saturated rings. The average molecular weight is 255 g/mol. The van der Waals surface area contributed by atoms with Crippen molar-refractivity contribution in [3.63, 3.8) is 0 Å². The van der Waals surface area contributed by atoms with Crippen LogP contribution >= 0.6 is 0 Å². The molecule has 7 nitrogen and oxygen atoms in total. The van der Waals surface area contributed by atoms with Crippen LogP contribution < -0.4 is 5.32 Å². The molecule has 3 heterocycles. The summed E-state index contributed by atoms with van der Waals surface area (Å²) in [5, 5.41) is 11.0. The minimum absolute atomic E-state index is 0.662. The molecule has 3 rings (SSSR count). The number of anilines is 1. The first-order chi connectivity index (χ1) is 9.33. The van der Waals surface area contributed by atoms with Gasteiger partial charge in [-0.15, -0.1) is 5.10 Å². The van der Waals surface area contributed by atoms with E-state index in [-0.39, 0.29) is 0 Å². The number of aryl methyl sites for hydroxylation is 1. The van der Waals surface area contributed by atoms with Gasteiger partial charge in [-0.1, -0.05) is 5.21 Å². The third-order valence-electron chi connectivity index (χ3n) is 2.80. The number of imidazole rings is 1. The Kier molecular flexibility index (Phi) is 2.93. The standard InChI is InChI=1S/C12H13N7/c1-18-11(8-16-17-18)7-14-10-2-3-12(15-6-10)19-5-4-13-9-19/h2-6,8-9,14H,7H2,1H3. The molecule has 0 aliphatic heterocycles. The van der Waals surface area contributed by atoms with Gasteiger partial charge in [-0.2, -0.15) is 0 Å². The molecule has 7 heteroatoms. The SMILES string of the molecule is Cn1nncc1CNc1ccc(-n2ccnc2)nc1. The second-order valence-electron chi connectivity index (χ2n) is 4.08. The second kappa shape index (κ2) is 4.89. The van der Waals surface area contributed by atoms with Gasteiger partial charge in [-0.25, -0.2) is 9.97 Å². The van der Waals surface area contributed by atoms with Crippen molar-refractivity contribution in [3.8, 4) is 5.82 Å². The van der Waals surface area contributed by atoms with Crippen molar-refractivity contribution >= 4 is 5.69 Å². The van der Waals surface area contributed by atoms with Crippen LogP contribution in [-0.4, -0.2) is 29.5 Å². The molecule has 0 amide bonds. The minimum Gasteiger partial charge on any atom is -0.378 e. The van der Waals surface area contributed by atoms with Crippen LogP contribution in [0.25, 0.3) is 5.82 Å². The molecule has 0 bridgehead atoms. The van der Waals surface area contributed by atoms with E-state index in [1.165, 1.54) is 0 Å². The Bertz CT molecular complexity index is 639. The molecule has 0 aromatic carbocycles. The average Bonchev–Trinajstić information content (AvgIpc) is 3.09. The van der Waals surface area contributed by atoms with Gasteiger partial charge in [-0.3, -0.25) is 9.25 Å². The maximum Gasteiger partial charge on any atom is 0.137 e. The molecule has 1 N–H and O–H groups in total. The fourth-order valence-corrected chi connectivity index (χ4v) is 1.70. The van der Waals surface area contributed by atoms with Gasteiger partial charge in [0.1, 0.15) is 12.1 Å². The van der Waals surface area contributed by atoms with E-state index in [0.717, 1.165) is 17.2 Å². The molecule has 0 unspecified atom stereocenters. The lowest BCUT2D eigenvalue weighted by Gasteiger charge is -2.07. The van der Waals surface area contributed by atoms with E-state index in [1.54, 1.807) is 29.6 Å². The van der Waals surface area contributed by atoms with Gasteiger partial charge < -0.3 is 5.32 Å². The molecule has 0 aliphatic carbocycles. The first kappa shape index (κ1) is 11.4. The summed E-state index contributed by atoms with van der Waals surface area (Å²) in [5.74, 6) is 0.838. The summed E-state index contributed by atoms with van der Waals surface area (Å²) in [6, 6.07) is 3.91. The molecule has 0 spiro atoms. The number of nitrogens with one attached hydrogen (secondary N) is 1. The van der Waals surface area contributed by atoms with Crippen LogP contribution in [0.1, 0.15) is 5.69 Å². The van der Waals surface area contributed by atoms with Gasteiger partial charge >= 0.3 is 0 Å². The fraction of sp³-hybridized carbons (Fsp3) is 0.167. The predicted octanol–water partition coefficient (Wildman–Crippen LogP) is 1.01. The van der Waals surface area contributed by atoms with Crippen LogP contribution in [0.15, 0.2) is 43.2 Å². The highest BCUT2D eigenvalue weighted by atomic mass is 15.4. The Morgan fingerprint density at radius 1 is 1.26 bits per heavy atom. The smallest absolute Gasteiger partial charge is 0.137 e. The van der Waals surface area contributed by atoms with E-state index >= 15 is 0 Å². The van der Waals surface area contributed by atoms with E-state index in [0.29, 0.717) is 6.54 Å². The van der Waals surface area contributed by atoms with Gasteiger partial charge in [0.05, 0.1) is 30.3 Å². The van der Waals surface area contributed by atoms with Crippen molar-refractivity contribution in [2.45, 2.75) is 6.54 Å². The summed E-state index contributed by atoms with van der Waals surface area (Å²) >= 11 is 0. The zero-order chi connectivity index (χ0) is 13.1. The van der Waals surface area contributed by atoms with Gasteiger partial charge in [0, 0.05) is 19.4 Å². The van der Waals surface area contributed by atoms with Crippen LogP contribution in [-0.2, 0) is 13.6 Å². The lowest BCUT2D eigenvalue weighted by atomic mass is 10.3. The van der Waals surface area contributed by atoms with Crippen LogP contribution in [0, 0.1) is 0 Å². The monoisotopic (exact) mass is 255 g/mol. The van der Waals surface area contributed by atoms with E-state index in [9.17, 15) is 0 Å². The maximum absolute atomic E-state index is 4.37. The molecule has 3 aromatic rings. The Morgan fingerprint density at radius 2 is 2.21 bits per heavy atom. The largest absolute Gasteiger partial charge is 0.378 e. The van der Waals surface area contributed by atoms with Crippen LogP contribution in [0.4, 0.5) is 5.69 Å². The molecular weight excluding hydrogens is 242 g/mol. The summed E-state index contributed by atoms with van der Waals surface area (Å²) < 4.78 is 3.59. The minimum atomic E-state index is 0.662. The molecule has 0 saturated heterocycles. The third kappa shape index (κ3) is 2.44. The van der Waals surface area contributed by atoms with Crippen LogP contribution in [0.5, 0.6) is 0 Å². The first-order valence-electron chi connectivity index (χ1n) is 5.85. The molecule has 0 atom stereocenters. The highest BCUT2D eigenvalue weighted by Gasteiger charge is 2.01. The van der Waals surface area contributed by atoms with E-state index < -0.39 is 0 Å². The van der Waals surface area contributed by atoms with Crippen molar-refractivity contribution in [2.75, 3.05) is 5.32 Å². The fourth-order valence-electron chi connectivity index (χ4n) is 1.70. The molecule has 0 saturated carbocycles. The zero-order valence-corrected chi connectivity index (χ0v) is 10.4. The summed E-state index contributed by atoms with van der Waals surface area (Å²) in [5.41, 5.74) is 1.96. The summed E-state index contributed by atoms with van der Waals surface area (Å²) in [7, 11) is 1.87. The Morgan fingerprint density at radius 3 is 2.84 bits per heavy atom. The van der Waals surface area contributed by atoms with Crippen LogP contribution in [0.2, 0.25) is 0 Å². The Balaban J connectivity index is 1.68. The van der Waals surface area contributed by atoms with Crippen molar-refractivity contribution in [2.24, 2.45) is 7.05 Å². The summed E-state index contributed by atoms with van der Waals surface area (Å²) in [6.07, 6.45) is 8.83. The Hall–Kier alpha value is -2.70. The van der Waals surface area contributed by atoms with Crippen LogP contribution in [0.3, 0.4) is 0 Å². The lowest BCUT2D eigenvalue weighted by molar-refractivity contribution is 0.683. The number of pyridine rings is 1. The van der Waals surface area contributed by atoms with Crippen molar-refractivity contribution in [1.82, 2.24) is 29.5 Å². The lowest BCUT2D eigenvalue weighted by Crippen LogP contribution is -2.06. The topological polar surface area (TPSA) is 73.5 Å². The first-order valence-corrected chi connectivity index (χ1v) is 5.85. The highest BCUT2D eigenvalue weighted by Crippen LogP contribution is 2.10. The normalized spacial score (nSPS) is 10.6. The number of hydrogen-bond acceptors (Lipinski definition) is 5. The summed E-state index contributed by atoms with van der Waals surface area (Å²) in [6.45, 7) is 0.662. The van der Waals surface area contributed by atoms with E-state index in [1.807, 2.05) is 29.9 Å². The maximum atomic E-state index is 4.37. The molecule has 3 aromatic heterocycles. The number of hydrogen-bond donors (Lipinski definition) is 1. The van der Waals surface area contributed by atoms with E-state index in [4.69, 9.17) is 0 Å². The van der Waals surface area contributed by atoms with Gasteiger partial charge in [0.25, 0.3) is 0 Å². The third-order valence-corrected chi connectivity index (χ3v) is 2.80. The van der Waals surface area contributed by atoms with Crippen molar-refractivity contribution in [1.29, 1.82) is 0 Å². The van der Waals surface area contributed by atoms with Gasteiger partial charge in [0.2, 0.25) is 0 Å². The predicted molar refractivity (Wildman–Crippen MR) is 69.7 cm³/mol. The highest BCUT2D eigenvalue weighted by molar-refractivity contribution is 5.43. The number of nitrogens with zero attached hydrogens (tertiary/aromatic N) is 6. The zero-order valence-electron chi connectivity index (χ0n) is 10.4. The molecule has 0 aliphatic rings. The summed E-state index contributed by atoms with van der Waals surface area (Å²) in [4.78, 5) is 8.36. The van der Waals surface area contributed by atoms with Gasteiger partial charge in [0.15, 0.2) is 0 Å². The van der Waals surface area contributed by atoms with E-state index in [2.05, 4.69) is 25.6 Å². The molecular formula is C12H13N7. The number of rotatable bonds is 4. The Labute approximate surface area is 109 Å². The second-order valence-corrected chi connectivity index (χ2v) is 4.08. The van der Waals surface area contributed by atoms with Crippen molar-refractivity contribution < 1.29 is 0 Å². The molecule has 0 radical (unpaired) electrons. The molecule has 96 valence electrons. The van der Waals surface area contributed by atoms with Crippen molar-refractivity contribution in [3.05, 3.63) is 48.9 Å². The molecule has 19 heavy (non-hydrogen) atoms. The van der Waals surface area contributed by atoms with Gasteiger partial charge in [-0.05, 0) is 12.1 Å². The number of aromatic nitrogens is 6. The quantitative estimate of drug-likeness (QED) is 0.753.